The summed E-state index contributed by atoms with van der Waals surface area (Å²) >= 11 is 0. The molecule has 2 nitrogen and oxygen atoms in total. The molecular weight excluding hydrogens is 198 g/mol. The minimum atomic E-state index is 0.175. The highest BCUT2D eigenvalue weighted by Gasteiger charge is 2.46. The van der Waals surface area contributed by atoms with Crippen molar-refractivity contribution < 1.29 is 4.74 Å². The summed E-state index contributed by atoms with van der Waals surface area (Å²) in [6, 6.07) is 8.62. The summed E-state index contributed by atoms with van der Waals surface area (Å²) in [4.78, 5) is 0. The Morgan fingerprint density at radius 1 is 1.38 bits per heavy atom. The fourth-order valence-electron chi connectivity index (χ4n) is 2.85. The molecule has 0 aliphatic carbocycles. The van der Waals surface area contributed by atoms with E-state index >= 15 is 0 Å². The zero-order chi connectivity index (χ0) is 11.6. The van der Waals surface area contributed by atoms with Gasteiger partial charge in [-0.3, -0.25) is 0 Å². The van der Waals surface area contributed by atoms with Crippen molar-refractivity contribution in [3.05, 3.63) is 35.4 Å². The molecule has 0 bridgehead atoms. The molecule has 0 amide bonds. The van der Waals surface area contributed by atoms with Gasteiger partial charge in [0.05, 0.1) is 13.2 Å². The lowest BCUT2D eigenvalue weighted by atomic mass is 9.66. The van der Waals surface area contributed by atoms with Crippen LogP contribution in [0.1, 0.15) is 24.5 Å². The Bertz CT molecular complexity index is 354. The normalized spacial score (nSPS) is 20.2. The van der Waals surface area contributed by atoms with Gasteiger partial charge in [-0.25, -0.2) is 0 Å². The molecule has 1 heterocycles. The Hall–Kier alpha value is -0.860. The number of ether oxygens (including phenoxy) is 1. The third kappa shape index (κ3) is 1.66. The van der Waals surface area contributed by atoms with Gasteiger partial charge < -0.3 is 10.5 Å². The summed E-state index contributed by atoms with van der Waals surface area (Å²) in [5.41, 5.74) is 8.87. The molecule has 1 aromatic carbocycles. The maximum absolute atomic E-state index is 5.91. The number of rotatable bonds is 4. The molecule has 2 rings (SSSR count). The third-order valence-corrected chi connectivity index (χ3v) is 3.96. The van der Waals surface area contributed by atoms with Gasteiger partial charge in [-0.05, 0) is 30.5 Å². The van der Waals surface area contributed by atoms with E-state index in [4.69, 9.17) is 10.5 Å². The van der Waals surface area contributed by atoms with Gasteiger partial charge >= 0.3 is 0 Å². The van der Waals surface area contributed by atoms with E-state index < -0.39 is 0 Å². The van der Waals surface area contributed by atoms with Crippen molar-refractivity contribution in [2.45, 2.75) is 25.7 Å². The average molecular weight is 219 g/mol. The lowest BCUT2D eigenvalue weighted by Crippen LogP contribution is -2.54. The Kier molecular flexibility index (Phi) is 3.31. The summed E-state index contributed by atoms with van der Waals surface area (Å²) < 4.78 is 5.48. The molecule has 1 fully saturated rings. The van der Waals surface area contributed by atoms with Crippen molar-refractivity contribution in [3.63, 3.8) is 0 Å². The van der Waals surface area contributed by atoms with Gasteiger partial charge in [0.15, 0.2) is 0 Å². The first-order valence-corrected chi connectivity index (χ1v) is 6.08. The topological polar surface area (TPSA) is 35.2 Å². The second-order valence-corrected chi connectivity index (χ2v) is 4.80. The van der Waals surface area contributed by atoms with Gasteiger partial charge in [0.25, 0.3) is 0 Å². The van der Waals surface area contributed by atoms with Crippen molar-refractivity contribution in [1.82, 2.24) is 0 Å². The van der Waals surface area contributed by atoms with Crippen LogP contribution in [0.3, 0.4) is 0 Å². The largest absolute Gasteiger partial charge is 0.379 e. The van der Waals surface area contributed by atoms with Crippen molar-refractivity contribution in [1.29, 1.82) is 0 Å². The van der Waals surface area contributed by atoms with Crippen molar-refractivity contribution in [2.24, 2.45) is 11.7 Å². The summed E-state index contributed by atoms with van der Waals surface area (Å²) in [5, 5.41) is 0. The standard InChI is InChI=1S/C14H21NO/c1-3-12(8-15)14(9-16-10-14)13-7-5-4-6-11(13)2/h4-7,12H,3,8-10,15H2,1-2H3. The summed E-state index contributed by atoms with van der Waals surface area (Å²) in [6.45, 7) is 6.80. The second kappa shape index (κ2) is 4.56. The van der Waals surface area contributed by atoms with Gasteiger partial charge in [-0.2, -0.15) is 0 Å². The zero-order valence-electron chi connectivity index (χ0n) is 10.2. The smallest absolute Gasteiger partial charge is 0.0588 e. The summed E-state index contributed by atoms with van der Waals surface area (Å²) in [6.07, 6.45) is 1.12. The highest BCUT2D eigenvalue weighted by atomic mass is 16.5. The SMILES string of the molecule is CCC(CN)C1(c2ccccc2C)COC1. The van der Waals surface area contributed by atoms with E-state index in [0.717, 1.165) is 26.2 Å². The lowest BCUT2D eigenvalue weighted by Gasteiger charge is -2.48. The van der Waals surface area contributed by atoms with Crippen LogP contribution in [0.4, 0.5) is 0 Å². The molecule has 88 valence electrons. The van der Waals surface area contributed by atoms with Crippen LogP contribution in [0.5, 0.6) is 0 Å². The van der Waals surface area contributed by atoms with Crippen LogP contribution in [-0.2, 0) is 10.2 Å². The van der Waals surface area contributed by atoms with E-state index in [1.807, 2.05) is 0 Å². The van der Waals surface area contributed by atoms with Crippen LogP contribution in [0.25, 0.3) is 0 Å². The number of hydrogen-bond donors (Lipinski definition) is 1. The molecule has 0 spiro atoms. The van der Waals surface area contributed by atoms with Gasteiger partial charge in [0.1, 0.15) is 0 Å². The van der Waals surface area contributed by atoms with Gasteiger partial charge in [0, 0.05) is 5.41 Å². The maximum Gasteiger partial charge on any atom is 0.0588 e. The number of aryl methyl sites for hydroxylation is 1. The van der Waals surface area contributed by atoms with Crippen LogP contribution in [0.15, 0.2) is 24.3 Å². The Balaban J connectivity index is 2.38. The minimum Gasteiger partial charge on any atom is -0.379 e. The molecule has 16 heavy (non-hydrogen) atoms. The van der Waals surface area contributed by atoms with Crippen LogP contribution in [0, 0.1) is 12.8 Å². The van der Waals surface area contributed by atoms with Crippen LogP contribution >= 0.6 is 0 Å². The highest BCUT2D eigenvalue weighted by molar-refractivity contribution is 5.36. The molecule has 1 unspecified atom stereocenters. The van der Waals surface area contributed by atoms with E-state index in [1.165, 1.54) is 11.1 Å². The van der Waals surface area contributed by atoms with Gasteiger partial charge in [-0.1, -0.05) is 37.6 Å². The van der Waals surface area contributed by atoms with E-state index in [9.17, 15) is 0 Å². The Morgan fingerprint density at radius 3 is 2.50 bits per heavy atom. The third-order valence-electron chi connectivity index (χ3n) is 3.96. The van der Waals surface area contributed by atoms with Crippen molar-refractivity contribution >= 4 is 0 Å². The molecule has 1 saturated heterocycles. The predicted octanol–water partition coefficient (Wildman–Crippen LogP) is 2.25. The molecular formula is C14H21NO. The van der Waals surface area contributed by atoms with Gasteiger partial charge in [0.2, 0.25) is 0 Å². The molecule has 0 aromatic heterocycles. The minimum absolute atomic E-state index is 0.175. The summed E-state index contributed by atoms with van der Waals surface area (Å²) in [7, 11) is 0. The molecule has 1 aromatic rings. The van der Waals surface area contributed by atoms with E-state index in [2.05, 4.69) is 38.1 Å². The molecule has 1 aliphatic rings. The van der Waals surface area contributed by atoms with E-state index in [-0.39, 0.29) is 5.41 Å². The molecule has 0 radical (unpaired) electrons. The first kappa shape index (κ1) is 11.6. The molecule has 0 saturated carbocycles. The van der Waals surface area contributed by atoms with Crippen molar-refractivity contribution in [3.8, 4) is 0 Å². The Labute approximate surface area is 97.8 Å². The number of hydrogen-bond acceptors (Lipinski definition) is 2. The van der Waals surface area contributed by atoms with E-state index in [0.29, 0.717) is 5.92 Å². The molecule has 1 aliphatic heterocycles. The fourth-order valence-corrected chi connectivity index (χ4v) is 2.85. The first-order valence-electron chi connectivity index (χ1n) is 6.08. The average Bonchev–Trinajstić information content (AvgIpc) is 2.25. The number of nitrogens with two attached hydrogens (primary N) is 1. The van der Waals surface area contributed by atoms with E-state index in [1.54, 1.807) is 0 Å². The van der Waals surface area contributed by atoms with Crippen LogP contribution in [-0.4, -0.2) is 19.8 Å². The maximum atomic E-state index is 5.91. The monoisotopic (exact) mass is 219 g/mol. The lowest BCUT2D eigenvalue weighted by molar-refractivity contribution is -0.0900. The predicted molar refractivity (Wildman–Crippen MR) is 66.5 cm³/mol. The molecule has 1 atom stereocenters. The molecule has 2 heteroatoms. The highest BCUT2D eigenvalue weighted by Crippen LogP contribution is 2.41. The first-order chi connectivity index (χ1) is 7.74. The van der Waals surface area contributed by atoms with Crippen LogP contribution < -0.4 is 5.73 Å². The Morgan fingerprint density at radius 2 is 2.06 bits per heavy atom. The van der Waals surface area contributed by atoms with Gasteiger partial charge in [-0.15, -0.1) is 0 Å². The quantitative estimate of drug-likeness (QED) is 0.843. The summed E-state index contributed by atoms with van der Waals surface area (Å²) in [5.74, 6) is 0.530. The molecule has 2 N–H and O–H groups in total. The zero-order valence-corrected chi connectivity index (χ0v) is 10.2. The fraction of sp³-hybridized carbons (Fsp3) is 0.571. The second-order valence-electron chi connectivity index (χ2n) is 4.80. The number of benzene rings is 1. The van der Waals surface area contributed by atoms with Crippen LogP contribution in [0.2, 0.25) is 0 Å². The van der Waals surface area contributed by atoms with Crippen molar-refractivity contribution in [2.75, 3.05) is 19.8 Å².